The first kappa shape index (κ1) is 26.0. The molecule has 0 aliphatic rings. The predicted octanol–water partition coefficient (Wildman–Crippen LogP) is 5.07. The van der Waals surface area contributed by atoms with E-state index in [1.165, 1.54) is 11.8 Å². The van der Waals surface area contributed by atoms with Crippen molar-refractivity contribution in [2.24, 2.45) is 0 Å². The highest BCUT2D eigenvalue weighted by molar-refractivity contribution is 7.98. The van der Waals surface area contributed by atoms with E-state index in [2.05, 4.69) is 20.6 Å². The maximum absolute atomic E-state index is 13.0. The molecular formula is C26H30N4O4S. The Morgan fingerprint density at radius 2 is 1.80 bits per heavy atom. The van der Waals surface area contributed by atoms with E-state index < -0.39 is 11.7 Å². The summed E-state index contributed by atoms with van der Waals surface area (Å²) in [5, 5.41) is 6.26. The normalized spacial score (nSPS) is 11.0. The monoisotopic (exact) mass is 494 g/mol. The van der Waals surface area contributed by atoms with Crippen LogP contribution in [0.3, 0.4) is 0 Å². The molecule has 0 saturated heterocycles. The van der Waals surface area contributed by atoms with E-state index in [9.17, 15) is 9.59 Å². The van der Waals surface area contributed by atoms with Gasteiger partial charge in [0.2, 0.25) is 0 Å². The highest BCUT2D eigenvalue weighted by atomic mass is 32.2. The molecule has 0 aliphatic carbocycles. The number of amides is 2. The molecule has 0 bridgehead atoms. The Labute approximate surface area is 209 Å². The van der Waals surface area contributed by atoms with E-state index in [1.54, 1.807) is 19.4 Å². The predicted molar refractivity (Wildman–Crippen MR) is 137 cm³/mol. The average Bonchev–Trinajstić information content (AvgIpc) is 2.81. The van der Waals surface area contributed by atoms with Gasteiger partial charge in [0, 0.05) is 24.8 Å². The minimum Gasteiger partial charge on any atom is -0.497 e. The van der Waals surface area contributed by atoms with Gasteiger partial charge in [0.1, 0.15) is 11.4 Å². The van der Waals surface area contributed by atoms with Crippen molar-refractivity contribution in [3.63, 3.8) is 0 Å². The number of ether oxygens (including phenoxy) is 2. The van der Waals surface area contributed by atoms with Gasteiger partial charge in [0.25, 0.3) is 5.91 Å². The zero-order valence-electron chi connectivity index (χ0n) is 20.5. The minimum absolute atomic E-state index is 0.258. The lowest BCUT2D eigenvalue weighted by molar-refractivity contribution is 0.0635. The Hall–Kier alpha value is -3.59. The van der Waals surface area contributed by atoms with Crippen LogP contribution < -0.4 is 15.4 Å². The lowest BCUT2D eigenvalue weighted by atomic mass is 10.0. The number of carbonyl (C=O) groups is 2. The number of anilines is 1. The van der Waals surface area contributed by atoms with Crippen LogP contribution in [0.25, 0.3) is 0 Å². The van der Waals surface area contributed by atoms with Crippen LogP contribution in [0, 0.1) is 0 Å². The molecule has 1 heterocycles. The molecular weight excluding hydrogens is 464 g/mol. The second-order valence-corrected chi connectivity index (χ2v) is 9.53. The summed E-state index contributed by atoms with van der Waals surface area (Å²) >= 11 is 1.41. The first-order valence-corrected chi connectivity index (χ1v) is 12.3. The maximum Gasteiger partial charge on any atom is 0.412 e. The highest BCUT2D eigenvalue weighted by Crippen LogP contribution is 2.20. The molecule has 1 aromatic heterocycles. The van der Waals surface area contributed by atoms with Gasteiger partial charge in [-0.1, -0.05) is 36.0 Å². The number of nitrogens with one attached hydrogen (secondary N) is 2. The van der Waals surface area contributed by atoms with E-state index in [1.807, 2.05) is 69.5 Å². The number of benzene rings is 2. The summed E-state index contributed by atoms with van der Waals surface area (Å²) in [5.74, 6) is 0.498. The van der Waals surface area contributed by atoms with Crippen LogP contribution in [0.2, 0.25) is 0 Å². The van der Waals surface area contributed by atoms with E-state index in [0.29, 0.717) is 35.1 Å². The lowest BCUT2D eigenvalue weighted by Gasteiger charge is -2.19. The summed E-state index contributed by atoms with van der Waals surface area (Å²) in [4.78, 5) is 34.0. The molecule has 0 spiro atoms. The average molecular weight is 495 g/mol. The number of methoxy groups -OCH3 is 1. The minimum atomic E-state index is -0.592. The van der Waals surface area contributed by atoms with Gasteiger partial charge >= 0.3 is 6.09 Å². The molecule has 3 rings (SSSR count). The second kappa shape index (κ2) is 11.7. The summed E-state index contributed by atoms with van der Waals surface area (Å²) in [6.45, 7) is 5.79. The second-order valence-electron chi connectivity index (χ2n) is 8.75. The third-order valence-electron chi connectivity index (χ3n) is 4.83. The summed E-state index contributed by atoms with van der Waals surface area (Å²) in [6.07, 6.45) is 3.30. The molecule has 0 saturated carbocycles. The molecule has 35 heavy (non-hydrogen) atoms. The number of nitrogens with zero attached hydrogens (tertiary/aromatic N) is 2. The van der Waals surface area contributed by atoms with Gasteiger partial charge in [0.05, 0.1) is 18.4 Å². The number of rotatable bonds is 8. The SMILES string of the molecule is COc1ccc(CNC(=O)c2cnc(SC)nc2Cc2cccc(NC(=O)OC(C)(C)C)c2)cc1. The molecule has 0 fully saturated rings. The van der Waals surface area contributed by atoms with Crippen LogP contribution in [-0.4, -0.2) is 40.9 Å². The molecule has 184 valence electrons. The van der Waals surface area contributed by atoms with Crippen LogP contribution in [0.4, 0.5) is 10.5 Å². The lowest BCUT2D eigenvalue weighted by Crippen LogP contribution is -2.27. The molecule has 0 radical (unpaired) electrons. The van der Waals surface area contributed by atoms with Crippen LogP contribution in [0.5, 0.6) is 5.75 Å². The molecule has 3 aromatic rings. The van der Waals surface area contributed by atoms with Crippen molar-refractivity contribution < 1.29 is 19.1 Å². The molecule has 8 nitrogen and oxygen atoms in total. The molecule has 0 aliphatic heterocycles. The quantitative estimate of drug-likeness (QED) is 0.333. The van der Waals surface area contributed by atoms with Crippen molar-refractivity contribution in [1.29, 1.82) is 0 Å². The third kappa shape index (κ3) is 7.99. The third-order valence-corrected chi connectivity index (χ3v) is 5.39. The topological polar surface area (TPSA) is 102 Å². The van der Waals surface area contributed by atoms with Crippen molar-refractivity contribution in [3.05, 3.63) is 77.1 Å². The Morgan fingerprint density at radius 1 is 1.06 bits per heavy atom. The number of aromatic nitrogens is 2. The van der Waals surface area contributed by atoms with Gasteiger partial charge in [-0.15, -0.1) is 0 Å². The van der Waals surface area contributed by atoms with E-state index in [0.717, 1.165) is 16.9 Å². The van der Waals surface area contributed by atoms with Crippen LogP contribution in [-0.2, 0) is 17.7 Å². The number of thioether (sulfide) groups is 1. The zero-order chi connectivity index (χ0) is 25.4. The van der Waals surface area contributed by atoms with Crippen LogP contribution >= 0.6 is 11.8 Å². The Kier molecular flexibility index (Phi) is 8.70. The Bertz CT molecular complexity index is 1180. The highest BCUT2D eigenvalue weighted by Gasteiger charge is 2.18. The number of hydrogen-bond donors (Lipinski definition) is 2. The molecule has 0 unspecified atom stereocenters. The van der Waals surface area contributed by atoms with Crippen molar-refractivity contribution in [2.75, 3.05) is 18.7 Å². The smallest absolute Gasteiger partial charge is 0.412 e. The van der Waals surface area contributed by atoms with Gasteiger partial charge in [-0.05, 0) is 62.4 Å². The van der Waals surface area contributed by atoms with Crippen LogP contribution in [0.1, 0.15) is 48.0 Å². The Morgan fingerprint density at radius 3 is 2.46 bits per heavy atom. The standard InChI is InChI=1S/C26H30N4O4S/c1-26(2,3)34-25(32)29-19-8-6-7-18(13-19)14-22-21(16-28-24(30-22)35-5)23(31)27-15-17-9-11-20(33-4)12-10-17/h6-13,16H,14-15H2,1-5H3,(H,27,31)(H,29,32). The number of hydrogen-bond acceptors (Lipinski definition) is 7. The molecule has 2 aromatic carbocycles. The summed E-state index contributed by atoms with van der Waals surface area (Å²) in [6, 6.07) is 14.9. The summed E-state index contributed by atoms with van der Waals surface area (Å²) in [5.41, 5.74) is 2.84. The maximum atomic E-state index is 13.0. The fourth-order valence-electron chi connectivity index (χ4n) is 3.22. The summed E-state index contributed by atoms with van der Waals surface area (Å²) in [7, 11) is 1.61. The first-order valence-electron chi connectivity index (χ1n) is 11.1. The summed E-state index contributed by atoms with van der Waals surface area (Å²) < 4.78 is 10.5. The van der Waals surface area contributed by atoms with Crippen molar-refractivity contribution in [2.45, 2.75) is 44.5 Å². The number of carbonyl (C=O) groups excluding carboxylic acids is 2. The van der Waals surface area contributed by atoms with Gasteiger partial charge in [-0.3, -0.25) is 10.1 Å². The van der Waals surface area contributed by atoms with Gasteiger partial charge in [0.15, 0.2) is 5.16 Å². The van der Waals surface area contributed by atoms with E-state index in [-0.39, 0.29) is 5.91 Å². The van der Waals surface area contributed by atoms with Crippen molar-refractivity contribution >= 4 is 29.4 Å². The molecule has 0 atom stereocenters. The van der Waals surface area contributed by atoms with Crippen LogP contribution in [0.15, 0.2) is 59.9 Å². The zero-order valence-corrected chi connectivity index (χ0v) is 21.4. The van der Waals surface area contributed by atoms with Crippen molar-refractivity contribution in [1.82, 2.24) is 15.3 Å². The van der Waals surface area contributed by atoms with Gasteiger partial charge in [-0.25, -0.2) is 14.8 Å². The van der Waals surface area contributed by atoms with Crippen molar-refractivity contribution in [3.8, 4) is 5.75 Å². The van der Waals surface area contributed by atoms with Gasteiger partial charge < -0.3 is 14.8 Å². The van der Waals surface area contributed by atoms with E-state index >= 15 is 0 Å². The fraction of sp³-hybridized carbons (Fsp3) is 0.308. The molecule has 2 N–H and O–H groups in total. The Balaban J connectivity index is 1.75. The first-order chi connectivity index (χ1) is 16.7. The molecule has 9 heteroatoms. The fourth-order valence-corrected chi connectivity index (χ4v) is 3.58. The van der Waals surface area contributed by atoms with E-state index in [4.69, 9.17) is 9.47 Å². The van der Waals surface area contributed by atoms with Gasteiger partial charge in [-0.2, -0.15) is 0 Å². The molecule has 2 amide bonds. The largest absolute Gasteiger partial charge is 0.497 e.